The molecule has 1 amide bonds. The van der Waals surface area contributed by atoms with Crippen molar-refractivity contribution in [2.24, 2.45) is 0 Å². The molecule has 0 spiro atoms. The first kappa shape index (κ1) is 18.6. The van der Waals surface area contributed by atoms with E-state index in [1.807, 2.05) is 0 Å². The van der Waals surface area contributed by atoms with E-state index < -0.39 is 35.0 Å². The van der Waals surface area contributed by atoms with Gasteiger partial charge in [-0.1, -0.05) is 6.07 Å². The topological polar surface area (TPSA) is 49.3 Å². The number of phenols is 1. The summed E-state index contributed by atoms with van der Waals surface area (Å²) in [6.07, 6.45) is -10.1. The number of amides is 1. The Labute approximate surface area is 137 Å². The predicted molar refractivity (Wildman–Crippen MR) is 77.2 cm³/mol. The fourth-order valence-electron chi connectivity index (χ4n) is 2.03. The lowest BCUT2D eigenvalue weighted by molar-refractivity contribution is -0.143. The molecule has 0 radical (unpaired) electrons. The molecule has 0 atom stereocenters. The van der Waals surface area contributed by atoms with Crippen molar-refractivity contribution in [3.8, 4) is 5.75 Å². The van der Waals surface area contributed by atoms with Crippen molar-refractivity contribution >= 4 is 11.6 Å². The van der Waals surface area contributed by atoms with Crippen molar-refractivity contribution in [2.75, 3.05) is 5.32 Å². The van der Waals surface area contributed by atoms with Crippen LogP contribution in [0.1, 0.15) is 27.0 Å². The summed E-state index contributed by atoms with van der Waals surface area (Å²) in [6, 6.07) is 4.64. The van der Waals surface area contributed by atoms with Gasteiger partial charge in [0.15, 0.2) is 0 Å². The first-order valence-corrected chi connectivity index (χ1v) is 6.78. The molecule has 0 saturated carbocycles. The molecule has 2 N–H and O–H groups in total. The molecule has 3 nitrogen and oxygen atoms in total. The molecule has 2 aromatic rings. The van der Waals surface area contributed by atoms with Crippen molar-refractivity contribution in [1.29, 1.82) is 0 Å². The van der Waals surface area contributed by atoms with Crippen LogP contribution in [0.3, 0.4) is 0 Å². The van der Waals surface area contributed by atoms with Gasteiger partial charge in [-0.25, -0.2) is 0 Å². The van der Waals surface area contributed by atoms with Crippen LogP contribution in [0.15, 0.2) is 36.4 Å². The van der Waals surface area contributed by atoms with E-state index in [0.29, 0.717) is 17.7 Å². The van der Waals surface area contributed by atoms with Gasteiger partial charge >= 0.3 is 12.4 Å². The lowest BCUT2D eigenvalue weighted by Crippen LogP contribution is -2.17. The lowest BCUT2D eigenvalue weighted by atomic mass is 10.0. The van der Waals surface area contributed by atoms with E-state index in [4.69, 9.17) is 0 Å². The molecule has 0 aromatic heterocycles. The highest BCUT2D eigenvalue weighted by Crippen LogP contribution is 2.36. The van der Waals surface area contributed by atoms with Gasteiger partial charge in [0, 0.05) is 5.56 Å². The average molecular weight is 363 g/mol. The van der Waals surface area contributed by atoms with Gasteiger partial charge < -0.3 is 10.4 Å². The molecule has 0 aliphatic carbocycles. The minimum atomic E-state index is -5.05. The Hall–Kier alpha value is -2.71. The quantitative estimate of drug-likeness (QED) is 0.583. The Morgan fingerprint density at radius 3 is 1.92 bits per heavy atom. The van der Waals surface area contributed by atoms with E-state index in [9.17, 15) is 36.2 Å². The SMILES string of the molecule is Cc1ccc(O)c(NC(=O)c2cc(C(F)(F)F)cc(C(F)(F)F)c2)c1. The van der Waals surface area contributed by atoms with Gasteiger partial charge in [-0.2, -0.15) is 26.3 Å². The van der Waals surface area contributed by atoms with Gasteiger partial charge in [0.25, 0.3) is 5.91 Å². The maximum absolute atomic E-state index is 12.8. The molecular formula is C16H11F6NO2. The number of halogens is 6. The summed E-state index contributed by atoms with van der Waals surface area (Å²) in [4.78, 5) is 12.1. The second kappa shape index (κ2) is 6.30. The molecule has 0 fully saturated rings. The molecular weight excluding hydrogens is 352 g/mol. The van der Waals surface area contributed by atoms with Gasteiger partial charge in [0.05, 0.1) is 16.8 Å². The number of alkyl halides is 6. The number of rotatable bonds is 2. The van der Waals surface area contributed by atoms with Gasteiger partial charge in [-0.05, 0) is 42.8 Å². The maximum Gasteiger partial charge on any atom is 0.416 e. The Morgan fingerprint density at radius 1 is 0.920 bits per heavy atom. The van der Waals surface area contributed by atoms with E-state index >= 15 is 0 Å². The number of aryl methyl sites for hydroxylation is 1. The van der Waals surface area contributed by atoms with Crippen LogP contribution in [-0.2, 0) is 12.4 Å². The normalized spacial score (nSPS) is 12.1. The van der Waals surface area contributed by atoms with Crippen molar-refractivity contribution in [3.63, 3.8) is 0 Å². The Kier molecular flexibility index (Phi) is 4.70. The fraction of sp³-hybridized carbons (Fsp3) is 0.188. The molecule has 0 heterocycles. The molecule has 0 aliphatic rings. The van der Waals surface area contributed by atoms with Crippen LogP contribution in [0.2, 0.25) is 0 Å². The van der Waals surface area contributed by atoms with Gasteiger partial charge in [-0.15, -0.1) is 0 Å². The predicted octanol–water partition coefficient (Wildman–Crippen LogP) is 4.99. The van der Waals surface area contributed by atoms with Crippen molar-refractivity contribution in [1.82, 2.24) is 0 Å². The second-order valence-electron chi connectivity index (χ2n) is 5.27. The summed E-state index contributed by atoms with van der Waals surface area (Å²) < 4.78 is 76.8. The van der Waals surface area contributed by atoms with E-state index in [-0.39, 0.29) is 17.5 Å². The number of hydrogen-bond acceptors (Lipinski definition) is 2. The van der Waals surface area contributed by atoms with E-state index in [0.717, 1.165) is 0 Å². The number of nitrogens with one attached hydrogen (secondary N) is 1. The van der Waals surface area contributed by atoms with Gasteiger partial charge in [0.1, 0.15) is 5.75 Å². The third-order valence-corrected chi connectivity index (χ3v) is 3.25. The average Bonchev–Trinajstić information content (AvgIpc) is 2.48. The molecule has 25 heavy (non-hydrogen) atoms. The zero-order valence-electron chi connectivity index (χ0n) is 12.6. The summed E-state index contributed by atoms with van der Waals surface area (Å²) in [5, 5.41) is 11.7. The van der Waals surface area contributed by atoms with Crippen molar-refractivity contribution < 1.29 is 36.2 Å². The summed E-state index contributed by atoms with van der Waals surface area (Å²) in [7, 11) is 0. The summed E-state index contributed by atoms with van der Waals surface area (Å²) >= 11 is 0. The van der Waals surface area contributed by atoms with E-state index in [2.05, 4.69) is 5.32 Å². The van der Waals surface area contributed by atoms with Crippen LogP contribution < -0.4 is 5.32 Å². The molecule has 2 aromatic carbocycles. The molecule has 0 unspecified atom stereocenters. The zero-order chi connectivity index (χ0) is 19.0. The Balaban J connectivity index is 2.46. The molecule has 0 bridgehead atoms. The first-order valence-electron chi connectivity index (χ1n) is 6.78. The molecule has 0 aliphatic heterocycles. The molecule has 2 rings (SSSR count). The van der Waals surface area contributed by atoms with Crippen LogP contribution in [0, 0.1) is 6.92 Å². The van der Waals surface area contributed by atoms with Crippen LogP contribution in [0.25, 0.3) is 0 Å². The number of carbonyl (C=O) groups is 1. The fourth-order valence-corrected chi connectivity index (χ4v) is 2.03. The van der Waals surface area contributed by atoms with Gasteiger partial charge in [0.2, 0.25) is 0 Å². The number of aromatic hydroxyl groups is 1. The molecule has 9 heteroatoms. The molecule has 0 saturated heterocycles. The highest BCUT2D eigenvalue weighted by Gasteiger charge is 2.37. The standard InChI is InChI=1S/C16H11F6NO2/c1-8-2-3-13(24)12(4-8)23-14(25)9-5-10(15(17,18)19)7-11(6-9)16(20,21)22/h2-7,24H,1H3,(H,23,25). The molecule has 134 valence electrons. The number of hydrogen-bond donors (Lipinski definition) is 2. The minimum absolute atomic E-state index is 0.0685. The largest absolute Gasteiger partial charge is 0.506 e. The monoisotopic (exact) mass is 363 g/mol. The van der Waals surface area contributed by atoms with Crippen LogP contribution in [0.4, 0.5) is 32.0 Å². The van der Waals surface area contributed by atoms with Crippen LogP contribution in [0.5, 0.6) is 5.75 Å². The first-order chi connectivity index (χ1) is 11.4. The smallest absolute Gasteiger partial charge is 0.416 e. The van der Waals surface area contributed by atoms with Crippen LogP contribution in [-0.4, -0.2) is 11.0 Å². The summed E-state index contributed by atoms with van der Waals surface area (Å²) in [5.41, 5.74) is -3.53. The Morgan fingerprint density at radius 2 is 1.44 bits per heavy atom. The van der Waals surface area contributed by atoms with Crippen LogP contribution >= 0.6 is 0 Å². The third kappa shape index (κ3) is 4.43. The maximum atomic E-state index is 12.8. The number of carbonyl (C=O) groups excluding carboxylic acids is 1. The second-order valence-corrected chi connectivity index (χ2v) is 5.27. The van der Waals surface area contributed by atoms with E-state index in [1.165, 1.54) is 18.2 Å². The number of phenolic OH excluding ortho intramolecular Hbond substituents is 1. The lowest BCUT2D eigenvalue weighted by Gasteiger charge is -2.14. The highest BCUT2D eigenvalue weighted by molar-refractivity contribution is 6.05. The summed E-state index contributed by atoms with van der Waals surface area (Å²) in [6.45, 7) is 1.63. The highest BCUT2D eigenvalue weighted by atomic mass is 19.4. The summed E-state index contributed by atoms with van der Waals surface area (Å²) in [5.74, 6) is -1.58. The van der Waals surface area contributed by atoms with E-state index in [1.54, 1.807) is 6.92 Å². The third-order valence-electron chi connectivity index (χ3n) is 3.25. The minimum Gasteiger partial charge on any atom is -0.506 e. The zero-order valence-corrected chi connectivity index (χ0v) is 12.6. The Bertz CT molecular complexity index is 779. The number of benzene rings is 2. The van der Waals surface area contributed by atoms with Crippen molar-refractivity contribution in [3.05, 3.63) is 58.7 Å². The van der Waals surface area contributed by atoms with Gasteiger partial charge in [-0.3, -0.25) is 4.79 Å². The van der Waals surface area contributed by atoms with Crippen molar-refractivity contribution in [2.45, 2.75) is 19.3 Å². The number of anilines is 1.